The van der Waals surface area contributed by atoms with Gasteiger partial charge in [-0.05, 0) is 60.9 Å². The van der Waals surface area contributed by atoms with Crippen molar-refractivity contribution >= 4 is 39.1 Å². The fraction of sp³-hybridized carbons (Fsp3) is 0.310. The fourth-order valence-electron chi connectivity index (χ4n) is 3.96. The summed E-state index contributed by atoms with van der Waals surface area (Å²) in [5, 5.41) is 2.07. The van der Waals surface area contributed by atoms with Crippen LogP contribution in [0.5, 0.6) is 0 Å². The van der Waals surface area contributed by atoms with Crippen molar-refractivity contribution in [1.82, 2.24) is 10.2 Å². The van der Waals surface area contributed by atoms with E-state index in [1.54, 1.807) is 6.07 Å². The number of hydrogen-bond donors (Lipinski definition) is 1. The predicted molar refractivity (Wildman–Crippen MR) is 152 cm³/mol. The van der Waals surface area contributed by atoms with Crippen LogP contribution in [0.1, 0.15) is 31.9 Å². The molecule has 7 nitrogen and oxygen atoms in total. The molecule has 42 heavy (non-hydrogen) atoms. The van der Waals surface area contributed by atoms with Gasteiger partial charge in [0.1, 0.15) is 18.4 Å². The van der Waals surface area contributed by atoms with Gasteiger partial charge in [0, 0.05) is 13.1 Å². The lowest BCUT2D eigenvalue weighted by Gasteiger charge is -2.32. The maximum atomic E-state index is 13.8. The second-order valence-electron chi connectivity index (χ2n) is 9.95. The van der Waals surface area contributed by atoms with Crippen LogP contribution < -0.4 is 9.62 Å². The summed E-state index contributed by atoms with van der Waals surface area (Å²) in [6, 6.07) is 13.4. The van der Waals surface area contributed by atoms with Gasteiger partial charge in [-0.15, -0.1) is 0 Å². The molecule has 0 spiro atoms. The Morgan fingerprint density at radius 2 is 1.57 bits per heavy atom. The number of benzene rings is 3. The third kappa shape index (κ3) is 8.22. The Morgan fingerprint density at radius 3 is 2.14 bits per heavy atom. The highest BCUT2D eigenvalue weighted by Crippen LogP contribution is 2.38. The Balaban J connectivity index is 2.08. The van der Waals surface area contributed by atoms with Crippen LogP contribution in [0.25, 0.3) is 0 Å². The van der Waals surface area contributed by atoms with Crippen molar-refractivity contribution in [3.05, 3.63) is 94.8 Å². The van der Waals surface area contributed by atoms with Crippen LogP contribution in [0, 0.1) is 11.7 Å². The smallest absolute Gasteiger partial charge is 0.354 e. The molecule has 3 aromatic rings. The standard InChI is InChI=1S/C29H30ClF4N3O4S/c1-19(2)16-35-28(39)20(3)36(17-21-9-11-22(31)12-10-21)27(38)18-37(42(40,41)24-7-5-4-6-8-24)23-13-14-26(30)25(15-23)29(32,33)34/h4-15,19-20H,16-18H2,1-3H3,(H,35,39). The summed E-state index contributed by atoms with van der Waals surface area (Å²) in [6.45, 7) is 4.35. The predicted octanol–water partition coefficient (Wildman–Crippen LogP) is 5.88. The molecule has 2 amide bonds. The number of hydrogen-bond acceptors (Lipinski definition) is 4. The summed E-state index contributed by atoms with van der Waals surface area (Å²) >= 11 is 5.77. The quantitative estimate of drug-likeness (QED) is 0.269. The van der Waals surface area contributed by atoms with Gasteiger partial charge in [0.2, 0.25) is 11.8 Å². The van der Waals surface area contributed by atoms with Crippen molar-refractivity contribution in [1.29, 1.82) is 0 Å². The zero-order valence-corrected chi connectivity index (χ0v) is 24.6. The molecule has 0 aliphatic carbocycles. The van der Waals surface area contributed by atoms with Gasteiger partial charge in [-0.1, -0.05) is 55.8 Å². The van der Waals surface area contributed by atoms with Crippen LogP contribution in [0.2, 0.25) is 5.02 Å². The summed E-state index contributed by atoms with van der Waals surface area (Å²) in [7, 11) is -4.58. The molecule has 1 unspecified atom stereocenters. The molecule has 0 aliphatic rings. The van der Waals surface area contributed by atoms with Gasteiger partial charge in [0.05, 0.1) is 21.2 Å². The summed E-state index contributed by atoms with van der Waals surface area (Å²) in [6.07, 6.45) is -4.91. The van der Waals surface area contributed by atoms with Crippen LogP contribution in [-0.2, 0) is 32.3 Å². The number of nitrogens with one attached hydrogen (secondary N) is 1. The molecule has 0 aliphatic heterocycles. The van der Waals surface area contributed by atoms with Crippen molar-refractivity contribution in [2.24, 2.45) is 5.92 Å². The number of anilines is 1. The number of carbonyl (C=O) groups excluding carboxylic acids is 2. The lowest BCUT2D eigenvalue weighted by molar-refractivity contribution is -0.139. The van der Waals surface area contributed by atoms with Gasteiger partial charge in [-0.2, -0.15) is 13.2 Å². The maximum absolute atomic E-state index is 13.8. The van der Waals surface area contributed by atoms with Crippen LogP contribution in [0.15, 0.2) is 77.7 Å². The van der Waals surface area contributed by atoms with E-state index >= 15 is 0 Å². The average Bonchev–Trinajstić information content (AvgIpc) is 2.94. The van der Waals surface area contributed by atoms with Crippen LogP contribution >= 0.6 is 11.6 Å². The summed E-state index contributed by atoms with van der Waals surface area (Å²) in [5.74, 6) is -1.83. The molecule has 1 atom stereocenters. The zero-order chi connectivity index (χ0) is 31.2. The monoisotopic (exact) mass is 627 g/mol. The van der Waals surface area contributed by atoms with E-state index in [0.717, 1.165) is 17.0 Å². The molecule has 0 bridgehead atoms. The minimum Gasteiger partial charge on any atom is -0.354 e. The summed E-state index contributed by atoms with van der Waals surface area (Å²) in [5.41, 5.74) is -1.30. The van der Waals surface area contributed by atoms with E-state index in [2.05, 4.69) is 5.32 Å². The van der Waals surface area contributed by atoms with Gasteiger partial charge < -0.3 is 10.2 Å². The molecule has 3 aromatic carbocycles. The van der Waals surface area contributed by atoms with Crippen LogP contribution in [0.3, 0.4) is 0 Å². The molecule has 0 heterocycles. The summed E-state index contributed by atoms with van der Waals surface area (Å²) in [4.78, 5) is 27.6. The van der Waals surface area contributed by atoms with Crippen molar-refractivity contribution in [3.63, 3.8) is 0 Å². The van der Waals surface area contributed by atoms with Crippen LogP contribution in [0.4, 0.5) is 23.2 Å². The van der Waals surface area contributed by atoms with Gasteiger partial charge in [-0.25, -0.2) is 12.8 Å². The van der Waals surface area contributed by atoms with Crippen LogP contribution in [-0.4, -0.2) is 44.3 Å². The van der Waals surface area contributed by atoms with Gasteiger partial charge >= 0.3 is 6.18 Å². The second kappa shape index (κ2) is 13.6. The molecule has 13 heteroatoms. The van der Waals surface area contributed by atoms with E-state index in [1.807, 2.05) is 13.8 Å². The molecule has 0 fully saturated rings. The number of halogens is 5. The average molecular weight is 628 g/mol. The molecular formula is C29H30ClF4N3O4S. The Labute approximate surface area is 247 Å². The highest BCUT2D eigenvalue weighted by atomic mass is 35.5. The second-order valence-corrected chi connectivity index (χ2v) is 12.2. The minimum atomic E-state index is -4.91. The van der Waals surface area contributed by atoms with Gasteiger partial charge in [-0.3, -0.25) is 13.9 Å². The zero-order valence-electron chi connectivity index (χ0n) is 23.0. The maximum Gasteiger partial charge on any atom is 0.417 e. The van der Waals surface area contributed by atoms with Crippen molar-refractivity contribution < 1.29 is 35.6 Å². The molecule has 0 aromatic heterocycles. The van der Waals surface area contributed by atoms with Gasteiger partial charge in [0.15, 0.2) is 0 Å². The first-order valence-corrected chi connectivity index (χ1v) is 14.7. The number of rotatable bonds is 11. The molecule has 0 saturated heterocycles. The van der Waals surface area contributed by atoms with Crippen molar-refractivity contribution in [2.45, 2.75) is 44.4 Å². The lowest BCUT2D eigenvalue weighted by Crippen LogP contribution is -2.51. The van der Waals surface area contributed by atoms with E-state index in [4.69, 9.17) is 11.6 Å². The SMILES string of the molecule is CC(C)CNC(=O)C(C)N(Cc1ccc(F)cc1)C(=O)CN(c1ccc(Cl)c(C(F)(F)F)c1)S(=O)(=O)c1ccccc1. The third-order valence-electron chi connectivity index (χ3n) is 6.27. The van der Waals surface area contributed by atoms with E-state index in [0.29, 0.717) is 22.5 Å². The van der Waals surface area contributed by atoms with E-state index in [-0.39, 0.29) is 17.4 Å². The number of sulfonamides is 1. The first-order valence-electron chi connectivity index (χ1n) is 12.9. The highest BCUT2D eigenvalue weighted by Gasteiger charge is 2.37. The topological polar surface area (TPSA) is 86.8 Å². The van der Waals surface area contributed by atoms with Crippen molar-refractivity contribution in [2.75, 3.05) is 17.4 Å². The van der Waals surface area contributed by atoms with Gasteiger partial charge in [0.25, 0.3) is 10.0 Å². The lowest BCUT2D eigenvalue weighted by atomic mass is 10.1. The molecule has 0 saturated carbocycles. The van der Waals surface area contributed by atoms with E-state index in [1.165, 1.54) is 55.5 Å². The molecular weight excluding hydrogens is 598 g/mol. The Hall–Kier alpha value is -3.64. The molecule has 0 radical (unpaired) electrons. The number of alkyl halides is 3. The largest absolute Gasteiger partial charge is 0.417 e. The Bertz CT molecular complexity index is 1500. The van der Waals surface area contributed by atoms with E-state index < -0.39 is 62.7 Å². The Kier molecular flexibility index (Phi) is 10.6. The number of nitrogens with zero attached hydrogens (tertiary/aromatic N) is 2. The minimum absolute atomic E-state index is 0.0987. The van der Waals surface area contributed by atoms with E-state index in [9.17, 15) is 35.6 Å². The fourth-order valence-corrected chi connectivity index (χ4v) is 5.61. The molecule has 226 valence electrons. The first-order chi connectivity index (χ1) is 19.6. The molecule has 1 N–H and O–H groups in total. The number of carbonyl (C=O) groups is 2. The summed E-state index contributed by atoms with van der Waals surface area (Å²) < 4.78 is 82.6. The first kappa shape index (κ1) is 32.9. The van der Waals surface area contributed by atoms with Crippen molar-refractivity contribution in [3.8, 4) is 0 Å². The highest BCUT2D eigenvalue weighted by molar-refractivity contribution is 7.92. The molecule has 3 rings (SSSR count). The third-order valence-corrected chi connectivity index (χ3v) is 8.39. The Morgan fingerprint density at radius 1 is 0.952 bits per heavy atom. The number of amides is 2. The normalized spacial score (nSPS) is 12.6.